The summed E-state index contributed by atoms with van der Waals surface area (Å²) in [4.78, 5) is 4.49. The number of ether oxygens (including phenoxy) is 2. The van der Waals surface area contributed by atoms with E-state index in [0.29, 0.717) is 12.5 Å². The second kappa shape index (κ2) is 5.18. The molecule has 4 nitrogen and oxygen atoms in total. The molecule has 2 aromatic rings. The van der Waals surface area contributed by atoms with E-state index in [1.807, 2.05) is 56.5 Å². The van der Waals surface area contributed by atoms with E-state index in [-0.39, 0.29) is 6.10 Å². The molecule has 4 heteroatoms. The van der Waals surface area contributed by atoms with Crippen molar-refractivity contribution in [2.75, 3.05) is 6.61 Å². The third kappa shape index (κ3) is 2.02. The van der Waals surface area contributed by atoms with Crippen LogP contribution in [0.2, 0.25) is 0 Å². The van der Waals surface area contributed by atoms with Crippen LogP contribution in [0.4, 0.5) is 0 Å². The van der Waals surface area contributed by atoms with Gasteiger partial charge >= 0.3 is 0 Å². The maximum Gasteiger partial charge on any atom is 0.218 e. The molecule has 3 atom stereocenters. The first-order chi connectivity index (χ1) is 11.1. The molecule has 0 bridgehead atoms. The largest absolute Gasteiger partial charge is 0.468 e. The first-order valence-corrected chi connectivity index (χ1v) is 7.82. The molecule has 2 aliphatic heterocycles. The maximum absolute atomic E-state index is 10.5. The van der Waals surface area contributed by atoms with Gasteiger partial charge in [0.15, 0.2) is 6.29 Å². The maximum atomic E-state index is 10.5. The Morgan fingerprint density at radius 2 is 2.04 bits per heavy atom. The zero-order valence-electron chi connectivity index (χ0n) is 13.2. The highest BCUT2D eigenvalue weighted by Crippen LogP contribution is 2.49. The SMILES string of the molecule is C/C=C1/COC(O)C2(C)c3cc(-c4ccccc4)cnc3OC12. The lowest BCUT2D eigenvalue weighted by Crippen LogP contribution is -2.52. The first kappa shape index (κ1) is 14.4. The molecule has 3 heterocycles. The van der Waals surface area contributed by atoms with Crippen molar-refractivity contribution in [3.63, 3.8) is 0 Å². The summed E-state index contributed by atoms with van der Waals surface area (Å²) in [6, 6.07) is 12.1. The minimum atomic E-state index is -0.912. The van der Waals surface area contributed by atoms with Crippen molar-refractivity contribution in [1.82, 2.24) is 4.98 Å². The zero-order valence-corrected chi connectivity index (χ0v) is 13.2. The van der Waals surface area contributed by atoms with Gasteiger partial charge in [-0.05, 0) is 31.1 Å². The zero-order chi connectivity index (χ0) is 16.0. The summed E-state index contributed by atoms with van der Waals surface area (Å²) in [5.41, 5.74) is 3.39. The van der Waals surface area contributed by atoms with Crippen LogP contribution in [0.25, 0.3) is 11.1 Å². The third-order valence-corrected chi connectivity index (χ3v) is 4.94. The predicted octanol–water partition coefficient (Wildman–Crippen LogP) is 3.06. The Bertz CT molecular complexity index is 771. The van der Waals surface area contributed by atoms with Crippen molar-refractivity contribution in [2.45, 2.75) is 31.7 Å². The van der Waals surface area contributed by atoms with Gasteiger partial charge in [-0.25, -0.2) is 4.98 Å². The minimum Gasteiger partial charge on any atom is -0.468 e. The van der Waals surface area contributed by atoms with E-state index in [9.17, 15) is 5.11 Å². The van der Waals surface area contributed by atoms with Crippen molar-refractivity contribution in [3.8, 4) is 17.0 Å². The number of hydrogen-bond donors (Lipinski definition) is 1. The van der Waals surface area contributed by atoms with Crippen LogP contribution in [0.15, 0.2) is 54.2 Å². The van der Waals surface area contributed by atoms with Crippen LogP contribution >= 0.6 is 0 Å². The number of aliphatic hydroxyl groups is 1. The molecule has 0 aliphatic carbocycles. The molecular formula is C19H19NO3. The van der Waals surface area contributed by atoms with Crippen LogP contribution in [-0.4, -0.2) is 29.1 Å². The molecule has 1 N–H and O–H groups in total. The fraction of sp³-hybridized carbons (Fsp3) is 0.316. The van der Waals surface area contributed by atoms with Gasteiger partial charge in [0.05, 0.1) is 12.0 Å². The fourth-order valence-electron chi connectivity index (χ4n) is 3.48. The number of fused-ring (bicyclic) bond motifs is 3. The van der Waals surface area contributed by atoms with Gasteiger partial charge in [0, 0.05) is 17.3 Å². The normalized spacial score (nSPS) is 30.7. The van der Waals surface area contributed by atoms with Crippen LogP contribution < -0.4 is 4.74 Å². The Balaban J connectivity index is 1.85. The Morgan fingerprint density at radius 3 is 2.78 bits per heavy atom. The van der Waals surface area contributed by atoms with E-state index in [2.05, 4.69) is 11.1 Å². The van der Waals surface area contributed by atoms with Gasteiger partial charge in [-0.15, -0.1) is 0 Å². The van der Waals surface area contributed by atoms with Crippen LogP contribution in [0, 0.1) is 0 Å². The standard InChI is InChI=1S/C19H19NO3/c1-3-12-11-22-18(21)19(2)15-9-14(13-7-5-4-6-8-13)10-20-17(15)23-16(12)19/h3-10,16,18,21H,11H2,1-2H3/b12-3-. The summed E-state index contributed by atoms with van der Waals surface area (Å²) >= 11 is 0. The number of pyridine rings is 1. The molecular weight excluding hydrogens is 290 g/mol. The van der Waals surface area contributed by atoms with Gasteiger partial charge in [0.25, 0.3) is 0 Å². The first-order valence-electron chi connectivity index (χ1n) is 7.82. The Kier molecular flexibility index (Phi) is 3.25. The summed E-state index contributed by atoms with van der Waals surface area (Å²) in [6.07, 6.45) is 2.67. The molecule has 0 spiro atoms. The predicted molar refractivity (Wildman–Crippen MR) is 87.2 cm³/mol. The molecule has 0 radical (unpaired) electrons. The molecule has 118 valence electrons. The van der Waals surface area contributed by atoms with Gasteiger partial charge in [-0.2, -0.15) is 0 Å². The van der Waals surface area contributed by atoms with Gasteiger partial charge in [0.2, 0.25) is 5.88 Å². The van der Waals surface area contributed by atoms with Gasteiger partial charge in [-0.1, -0.05) is 36.4 Å². The highest BCUT2D eigenvalue weighted by Gasteiger charge is 2.55. The molecule has 4 rings (SSSR count). The highest BCUT2D eigenvalue weighted by atomic mass is 16.6. The average Bonchev–Trinajstić information content (AvgIpc) is 2.90. The van der Waals surface area contributed by atoms with Crippen LogP contribution in [0.5, 0.6) is 5.88 Å². The number of aliphatic hydroxyl groups excluding tert-OH is 1. The smallest absolute Gasteiger partial charge is 0.218 e. The fourth-order valence-corrected chi connectivity index (χ4v) is 3.48. The van der Waals surface area contributed by atoms with Gasteiger partial charge in [0.1, 0.15) is 6.10 Å². The molecule has 3 unspecified atom stereocenters. The van der Waals surface area contributed by atoms with Gasteiger partial charge in [-0.3, -0.25) is 0 Å². The van der Waals surface area contributed by atoms with E-state index in [4.69, 9.17) is 9.47 Å². The van der Waals surface area contributed by atoms with E-state index in [1.165, 1.54) is 0 Å². The van der Waals surface area contributed by atoms with Crippen molar-refractivity contribution < 1.29 is 14.6 Å². The van der Waals surface area contributed by atoms with E-state index in [0.717, 1.165) is 22.3 Å². The summed E-state index contributed by atoms with van der Waals surface area (Å²) < 4.78 is 11.6. The molecule has 2 aliphatic rings. The average molecular weight is 309 g/mol. The number of hydrogen-bond acceptors (Lipinski definition) is 4. The Hall–Kier alpha value is -2.17. The van der Waals surface area contributed by atoms with Crippen LogP contribution in [-0.2, 0) is 10.2 Å². The molecule has 23 heavy (non-hydrogen) atoms. The molecule has 1 fully saturated rings. The number of allylic oxidation sites excluding steroid dienone is 1. The number of nitrogens with zero attached hydrogens (tertiary/aromatic N) is 1. The topological polar surface area (TPSA) is 51.6 Å². The highest BCUT2D eigenvalue weighted by molar-refractivity contribution is 5.65. The van der Waals surface area contributed by atoms with Crippen molar-refractivity contribution in [1.29, 1.82) is 0 Å². The lowest BCUT2D eigenvalue weighted by molar-refractivity contribution is -0.170. The second-order valence-electron chi connectivity index (χ2n) is 6.25. The summed E-state index contributed by atoms with van der Waals surface area (Å²) in [5.74, 6) is 0.584. The molecule has 1 aromatic heterocycles. The van der Waals surface area contributed by atoms with Crippen molar-refractivity contribution in [3.05, 3.63) is 59.8 Å². The number of aromatic nitrogens is 1. The molecule has 1 saturated heterocycles. The second-order valence-corrected chi connectivity index (χ2v) is 6.25. The Morgan fingerprint density at radius 1 is 1.26 bits per heavy atom. The molecule has 0 saturated carbocycles. The molecule has 0 amide bonds. The third-order valence-electron chi connectivity index (χ3n) is 4.94. The number of benzene rings is 1. The van der Waals surface area contributed by atoms with Crippen molar-refractivity contribution >= 4 is 0 Å². The summed E-state index contributed by atoms with van der Waals surface area (Å²) in [7, 11) is 0. The minimum absolute atomic E-state index is 0.232. The Labute approximate surface area is 135 Å². The molecule has 1 aromatic carbocycles. The van der Waals surface area contributed by atoms with Crippen molar-refractivity contribution in [2.24, 2.45) is 0 Å². The van der Waals surface area contributed by atoms with E-state index < -0.39 is 11.7 Å². The summed E-state index contributed by atoms with van der Waals surface area (Å²) in [6.45, 7) is 4.33. The summed E-state index contributed by atoms with van der Waals surface area (Å²) in [5, 5.41) is 10.5. The van der Waals surface area contributed by atoms with E-state index in [1.54, 1.807) is 0 Å². The number of rotatable bonds is 1. The lowest BCUT2D eigenvalue weighted by atomic mass is 9.74. The lowest BCUT2D eigenvalue weighted by Gasteiger charge is -2.40. The quantitative estimate of drug-likeness (QED) is 0.823. The van der Waals surface area contributed by atoms with Crippen LogP contribution in [0.1, 0.15) is 19.4 Å². The van der Waals surface area contributed by atoms with Crippen LogP contribution in [0.3, 0.4) is 0 Å². The van der Waals surface area contributed by atoms with Gasteiger partial charge < -0.3 is 14.6 Å². The monoisotopic (exact) mass is 309 g/mol. The van der Waals surface area contributed by atoms with E-state index >= 15 is 0 Å².